The van der Waals surface area contributed by atoms with E-state index in [1.807, 2.05) is 20.2 Å². The fourth-order valence-corrected chi connectivity index (χ4v) is 2.74. The van der Waals surface area contributed by atoms with Crippen LogP contribution in [0.25, 0.3) is 0 Å². The van der Waals surface area contributed by atoms with E-state index in [2.05, 4.69) is 10.4 Å². The van der Waals surface area contributed by atoms with Crippen molar-refractivity contribution in [3.8, 4) is 5.75 Å². The molecule has 0 unspecified atom stereocenters. The van der Waals surface area contributed by atoms with Gasteiger partial charge in [-0.25, -0.2) is 0 Å². The maximum atomic E-state index is 12.2. The van der Waals surface area contributed by atoms with Gasteiger partial charge in [-0.05, 0) is 38.1 Å². The Balaban J connectivity index is 1.56. The normalized spacial score (nSPS) is 10.7. The Kier molecular flexibility index (Phi) is 5.44. The lowest BCUT2D eigenvalue weighted by atomic mass is 10.2. The van der Waals surface area contributed by atoms with E-state index >= 15 is 0 Å². The molecule has 0 saturated heterocycles. The minimum absolute atomic E-state index is 0.0353. The second-order valence-corrected chi connectivity index (χ2v) is 6.36. The van der Waals surface area contributed by atoms with Gasteiger partial charge in [0.2, 0.25) is 0 Å². The summed E-state index contributed by atoms with van der Waals surface area (Å²) >= 11 is 0. The van der Waals surface area contributed by atoms with Gasteiger partial charge in [0.25, 0.3) is 11.6 Å². The molecule has 2 heterocycles. The summed E-state index contributed by atoms with van der Waals surface area (Å²) in [7, 11) is 1.82. The molecule has 2 aromatic heterocycles. The van der Waals surface area contributed by atoms with Crippen LogP contribution in [0.4, 0.5) is 5.69 Å². The number of aryl methyl sites for hydroxylation is 3. The van der Waals surface area contributed by atoms with E-state index in [1.165, 1.54) is 12.1 Å². The lowest BCUT2D eigenvalue weighted by Gasteiger charge is -2.05. The summed E-state index contributed by atoms with van der Waals surface area (Å²) in [6.07, 6.45) is 1.85. The number of hydrogen-bond donors (Lipinski definition) is 1. The molecule has 9 nitrogen and oxygen atoms in total. The number of ether oxygens (including phenoxy) is 1. The second-order valence-electron chi connectivity index (χ2n) is 6.36. The van der Waals surface area contributed by atoms with Crippen molar-refractivity contribution < 1.29 is 18.9 Å². The molecule has 0 spiro atoms. The molecule has 0 aliphatic carbocycles. The molecule has 1 aromatic carbocycles. The Hall–Kier alpha value is -3.62. The van der Waals surface area contributed by atoms with Crippen LogP contribution in [0.5, 0.6) is 5.75 Å². The van der Waals surface area contributed by atoms with Gasteiger partial charge >= 0.3 is 0 Å². The zero-order chi connectivity index (χ0) is 20.3. The van der Waals surface area contributed by atoms with Crippen LogP contribution in [-0.4, -0.2) is 20.6 Å². The Morgan fingerprint density at radius 2 is 2.11 bits per heavy atom. The summed E-state index contributed by atoms with van der Waals surface area (Å²) in [4.78, 5) is 22.6. The van der Waals surface area contributed by atoms with Crippen molar-refractivity contribution in [1.82, 2.24) is 15.1 Å². The minimum Gasteiger partial charge on any atom is -0.486 e. The number of nitrogens with zero attached hydrogens (tertiary/aromatic N) is 3. The fourth-order valence-electron chi connectivity index (χ4n) is 2.74. The van der Waals surface area contributed by atoms with E-state index in [0.717, 1.165) is 11.3 Å². The zero-order valence-electron chi connectivity index (χ0n) is 15.8. The van der Waals surface area contributed by atoms with Gasteiger partial charge in [-0.3, -0.25) is 19.6 Å². The first-order valence-corrected chi connectivity index (χ1v) is 8.57. The van der Waals surface area contributed by atoms with Crippen molar-refractivity contribution in [3.63, 3.8) is 0 Å². The largest absolute Gasteiger partial charge is 0.486 e. The molecule has 3 rings (SSSR count). The molecule has 0 aliphatic rings. The predicted octanol–water partition coefficient (Wildman–Crippen LogP) is 3.05. The number of carbonyl (C=O) groups excluding carboxylic acids is 1. The van der Waals surface area contributed by atoms with Gasteiger partial charge in [-0.15, -0.1) is 0 Å². The lowest BCUT2D eigenvalue weighted by Crippen LogP contribution is -2.22. The highest BCUT2D eigenvalue weighted by Gasteiger charge is 2.14. The van der Waals surface area contributed by atoms with E-state index in [-0.39, 0.29) is 24.0 Å². The van der Waals surface area contributed by atoms with E-state index in [1.54, 1.807) is 29.8 Å². The third-order valence-corrected chi connectivity index (χ3v) is 4.19. The number of nitro groups is 1. The van der Waals surface area contributed by atoms with Gasteiger partial charge < -0.3 is 14.5 Å². The lowest BCUT2D eigenvalue weighted by molar-refractivity contribution is -0.385. The summed E-state index contributed by atoms with van der Waals surface area (Å²) in [6.45, 7) is 3.98. The average Bonchev–Trinajstić information content (AvgIpc) is 3.23. The summed E-state index contributed by atoms with van der Waals surface area (Å²) in [6, 6.07) is 7.74. The smallest absolute Gasteiger partial charge is 0.287 e. The summed E-state index contributed by atoms with van der Waals surface area (Å²) in [5.74, 6) is 0.803. The van der Waals surface area contributed by atoms with E-state index in [4.69, 9.17) is 9.15 Å². The van der Waals surface area contributed by atoms with Crippen LogP contribution in [0.2, 0.25) is 0 Å². The van der Waals surface area contributed by atoms with Crippen LogP contribution in [0.3, 0.4) is 0 Å². The van der Waals surface area contributed by atoms with Crippen LogP contribution in [0, 0.1) is 24.0 Å². The quantitative estimate of drug-likeness (QED) is 0.495. The van der Waals surface area contributed by atoms with Crippen molar-refractivity contribution in [3.05, 3.63) is 75.0 Å². The Morgan fingerprint density at radius 3 is 2.75 bits per heavy atom. The van der Waals surface area contributed by atoms with Crippen molar-refractivity contribution in [2.45, 2.75) is 27.0 Å². The standard InChI is InChI=1S/C19H20N4O5/c1-12-8-15(4-6-17(12)23(25)26)27-11-16-5-7-18(28-16)19(24)20-9-14-10-22(3)21-13(14)2/h4-8,10H,9,11H2,1-3H3,(H,20,24). The third-order valence-electron chi connectivity index (χ3n) is 4.19. The first-order chi connectivity index (χ1) is 13.3. The highest BCUT2D eigenvalue weighted by molar-refractivity contribution is 5.91. The molecule has 3 aromatic rings. The Labute approximate surface area is 161 Å². The molecular formula is C19H20N4O5. The van der Waals surface area contributed by atoms with Gasteiger partial charge in [0.15, 0.2) is 5.76 Å². The molecular weight excluding hydrogens is 364 g/mol. The third kappa shape index (κ3) is 4.37. The Bertz CT molecular complexity index is 1020. The number of nitro benzene ring substituents is 1. The molecule has 28 heavy (non-hydrogen) atoms. The van der Waals surface area contributed by atoms with Gasteiger partial charge in [-0.2, -0.15) is 5.10 Å². The maximum Gasteiger partial charge on any atom is 0.287 e. The van der Waals surface area contributed by atoms with Crippen LogP contribution in [0.15, 0.2) is 40.9 Å². The van der Waals surface area contributed by atoms with E-state index in [9.17, 15) is 14.9 Å². The molecule has 0 bridgehead atoms. The topological polar surface area (TPSA) is 112 Å². The summed E-state index contributed by atoms with van der Waals surface area (Å²) in [5, 5.41) is 17.9. The highest BCUT2D eigenvalue weighted by atomic mass is 16.6. The molecule has 0 fully saturated rings. The van der Waals surface area contributed by atoms with Crippen LogP contribution >= 0.6 is 0 Å². The first-order valence-electron chi connectivity index (χ1n) is 8.57. The van der Waals surface area contributed by atoms with Gasteiger partial charge in [-0.1, -0.05) is 0 Å². The fraction of sp³-hybridized carbons (Fsp3) is 0.263. The number of amides is 1. The van der Waals surface area contributed by atoms with Gasteiger partial charge in [0.05, 0.1) is 10.6 Å². The molecule has 9 heteroatoms. The molecule has 0 aliphatic heterocycles. The van der Waals surface area contributed by atoms with Gasteiger partial charge in [0, 0.05) is 37.0 Å². The molecule has 146 valence electrons. The van der Waals surface area contributed by atoms with Crippen LogP contribution in [-0.2, 0) is 20.2 Å². The van der Waals surface area contributed by atoms with Crippen molar-refractivity contribution in [2.75, 3.05) is 0 Å². The number of aromatic nitrogens is 2. The Morgan fingerprint density at radius 1 is 1.32 bits per heavy atom. The summed E-state index contributed by atoms with van der Waals surface area (Å²) in [5.41, 5.74) is 2.33. The van der Waals surface area contributed by atoms with E-state index < -0.39 is 4.92 Å². The number of furan rings is 1. The molecule has 1 amide bonds. The van der Waals surface area contributed by atoms with Crippen molar-refractivity contribution in [1.29, 1.82) is 0 Å². The molecule has 0 radical (unpaired) electrons. The number of rotatable bonds is 7. The number of hydrogen-bond acceptors (Lipinski definition) is 6. The second kappa shape index (κ2) is 7.95. The average molecular weight is 384 g/mol. The van der Waals surface area contributed by atoms with Crippen LogP contribution < -0.4 is 10.1 Å². The maximum absolute atomic E-state index is 12.2. The van der Waals surface area contributed by atoms with Gasteiger partial charge in [0.1, 0.15) is 18.1 Å². The zero-order valence-corrected chi connectivity index (χ0v) is 15.8. The number of carbonyl (C=O) groups is 1. The summed E-state index contributed by atoms with van der Waals surface area (Å²) < 4.78 is 12.8. The predicted molar refractivity (Wildman–Crippen MR) is 100.0 cm³/mol. The highest BCUT2D eigenvalue weighted by Crippen LogP contribution is 2.24. The number of nitrogens with one attached hydrogen (secondary N) is 1. The van der Waals surface area contributed by atoms with Crippen molar-refractivity contribution in [2.24, 2.45) is 7.05 Å². The molecule has 1 N–H and O–H groups in total. The molecule has 0 atom stereocenters. The van der Waals surface area contributed by atoms with Crippen LogP contribution in [0.1, 0.15) is 33.1 Å². The monoisotopic (exact) mass is 384 g/mol. The number of benzene rings is 1. The molecule has 0 saturated carbocycles. The van der Waals surface area contributed by atoms with Crippen molar-refractivity contribution >= 4 is 11.6 Å². The van der Waals surface area contributed by atoms with E-state index in [0.29, 0.717) is 23.6 Å². The minimum atomic E-state index is -0.441. The SMILES string of the molecule is Cc1cc(OCc2ccc(C(=O)NCc3cn(C)nc3C)o2)ccc1[N+](=O)[O-]. The first kappa shape index (κ1) is 19.2.